The fourth-order valence-electron chi connectivity index (χ4n) is 7.66. The third kappa shape index (κ3) is 4.01. The molecule has 4 atom stereocenters. The zero-order valence-electron chi connectivity index (χ0n) is 20.3. The molecule has 0 radical (unpaired) electrons. The quantitative estimate of drug-likeness (QED) is 0.406. The second-order valence-electron chi connectivity index (χ2n) is 10.9. The Bertz CT molecular complexity index is 1170. The van der Waals surface area contributed by atoms with Gasteiger partial charge in [-0.3, -0.25) is 4.79 Å². The van der Waals surface area contributed by atoms with Crippen molar-refractivity contribution in [1.29, 1.82) is 5.26 Å². The number of carbonyl (C=O) groups excluding carboxylic acids is 1. The molecule has 1 aromatic rings. The molecule has 2 saturated carbocycles. The summed E-state index contributed by atoms with van der Waals surface area (Å²) in [6.07, 6.45) is 9.97. The second-order valence-corrected chi connectivity index (χ2v) is 10.9. The molecule has 2 fully saturated rings. The lowest BCUT2D eigenvalue weighted by Gasteiger charge is -2.53. The summed E-state index contributed by atoms with van der Waals surface area (Å²) in [5, 5.41) is 23.4. The molecule has 6 nitrogen and oxygen atoms in total. The third-order valence-corrected chi connectivity index (χ3v) is 9.45. The Morgan fingerprint density at radius 2 is 1.94 bits per heavy atom. The minimum atomic E-state index is -0.785. The molecule has 1 aromatic carbocycles. The summed E-state index contributed by atoms with van der Waals surface area (Å²) < 4.78 is 0. The van der Waals surface area contributed by atoms with Gasteiger partial charge >= 0.3 is 11.9 Å². The van der Waals surface area contributed by atoms with Crippen molar-refractivity contribution in [1.82, 2.24) is 0 Å². The zero-order chi connectivity index (χ0) is 24.6. The number of aliphatic carboxylic acids is 1. The number of fused-ring (bicyclic) bond motifs is 4. The number of carbonyl (C=O) groups is 2. The Kier molecular flexibility index (Phi) is 6.13. The summed E-state index contributed by atoms with van der Waals surface area (Å²) in [7, 11) is 0. The van der Waals surface area contributed by atoms with Crippen LogP contribution < -0.4 is 0 Å². The van der Waals surface area contributed by atoms with E-state index in [1.54, 1.807) is 29.8 Å². The highest BCUT2D eigenvalue weighted by Crippen LogP contribution is 2.68. The van der Waals surface area contributed by atoms with Crippen molar-refractivity contribution >= 4 is 17.7 Å². The van der Waals surface area contributed by atoms with Crippen molar-refractivity contribution in [2.75, 3.05) is 0 Å². The van der Waals surface area contributed by atoms with Gasteiger partial charge in [0.25, 0.3) is 0 Å². The molecule has 0 amide bonds. The molecular weight excluding hydrogens is 440 g/mol. The summed E-state index contributed by atoms with van der Waals surface area (Å²) in [6, 6.07) is 11.2. The van der Waals surface area contributed by atoms with Crippen LogP contribution in [-0.4, -0.2) is 22.8 Å². The monoisotopic (exact) mass is 472 g/mol. The zero-order valence-corrected chi connectivity index (χ0v) is 20.3. The number of hydrogen-bond acceptors (Lipinski definition) is 5. The van der Waals surface area contributed by atoms with Crippen molar-refractivity contribution in [3.05, 3.63) is 58.7 Å². The van der Waals surface area contributed by atoms with E-state index in [2.05, 4.69) is 24.2 Å². The number of benzene rings is 1. The lowest BCUT2D eigenvalue weighted by molar-refractivity contribution is -0.143. The van der Waals surface area contributed by atoms with E-state index in [1.807, 2.05) is 6.07 Å². The van der Waals surface area contributed by atoms with Crippen LogP contribution in [0.5, 0.6) is 0 Å². The molecule has 0 aromatic heterocycles. The summed E-state index contributed by atoms with van der Waals surface area (Å²) in [5.41, 5.74) is 5.08. The molecular formula is C29H32N2O4. The molecule has 0 heterocycles. The summed E-state index contributed by atoms with van der Waals surface area (Å²) >= 11 is 0. The highest BCUT2D eigenvalue weighted by atomic mass is 16.7. The minimum Gasteiger partial charge on any atom is -0.481 e. The maximum absolute atomic E-state index is 12.2. The summed E-state index contributed by atoms with van der Waals surface area (Å²) in [5.74, 6) is -0.314. The maximum atomic E-state index is 12.2. The molecule has 2 unspecified atom stereocenters. The second kappa shape index (κ2) is 9.11. The molecule has 6 heteroatoms. The van der Waals surface area contributed by atoms with Gasteiger partial charge in [-0.2, -0.15) is 5.26 Å². The molecule has 1 N–H and O–H groups in total. The van der Waals surface area contributed by atoms with Crippen molar-refractivity contribution < 1.29 is 19.5 Å². The number of hydrogen-bond donors (Lipinski definition) is 1. The first-order valence-corrected chi connectivity index (χ1v) is 12.7. The Morgan fingerprint density at radius 1 is 1.14 bits per heavy atom. The van der Waals surface area contributed by atoms with Crippen molar-refractivity contribution in [2.24, 2.45) is 27.8 Å². The number of allylic oxidation sites excluding steroid dienone is 4. The van der Waals surface area contributed by atoms with Crippen LogP contribution >= 0.6 is 0 Å². The Labute approximate surface area is 206 Å². The van der Waals surface area contributed by atoms with Crippen LogP contribution in [0.3, 0.4) is 0 Å². The van der Waals surface area contributed by atoms with Crippen molar-refractivity contribution in [2.45, 2.75) is 71.1 Å². The average molecular weight is 473 g/mol. The summed E-state index contributed by atoms with van der Waals surface area (Å²) in [6.45, 7) is 2.27. The largest absolute Gasteiger partial charge is 0.481 e. The minimum absolute atomic E-state index is 0.0961. The molecule has 0 saturated heterocycles. The van der Waals surface area contributed by atoms with Gasteiger partial charge in [-0.15, -0.1) is 0 Å². The van der Waals surface area contributed by atoms with Gasteiger partial charge in [0.1, 0.15) is 0 Å². The van der Waals surface area contributed by atoms with E-state index in [9.17, 15) is 20.0 Å². The first kappa shape index (κ1) is 23.5. The van der Waals surface area contributed by atoms with E-state index < -0.39 is 17.4 Å². The van der Waals surface area contributed by atoms with Gasteiger partial charge in [0.05, 0.1) is 23.8 Å². The van der Waals surface area contributed by atoms with E-state index in [-0.39, 0.29) is 11.8 Å². The van der Waals surface area contributed by atoms with Crippen LogP contribution in [0.2, 0.25) is 0 Å². The molecule has 5 rings (SSSR count). The number of nitriles is 1. The molecule has 35 heavy (non-hydrogen) atoms. The predicted molar refractivity (Wildman–Crippen MR) is 131 cm³/mol. The normalized spacial score (nSPS) is 32.7. The van der Waals surface area contributed by atoms with Crippen LogP contribution in [0.15, 0.2) is 58.3 Å². The van der Waals surface area contributed by atoms with E-state index in [1.165, 1.54) is 11.1 Å². The predicted octanol–water partition coefficient (Wildman–Crippen LogP) is 6.21. The van der Waals surface area contributed by atoms with Crippen LogP contribution in [0.1, 0.15) is 81.5 Å². The van der Waals surface area contributed by atoms with Gasteiger partial charge in [-0.25, -0.2) is 4.79 Å². The van der Waals surface area contributed by atoms with Crippen LogP contribution in [0.4, 0.5) is 0 Å². The lowest BCUT2D eigenvalue weighted by Crippen LogP contribution is -2.46. The van der Waals surface area contributed by atoms with E-state index in [4.69, 9.17) is 4.84 Å². The standard InChI is InChI=1S/C29H32N2O4/c1-28-13-11-23-22-10-8-21(31-35-27(34)19-5-3-2-4-6-19)17-20(22)7-9-24(23)25(28)12-14-29(28,15-16-30)18-26(32)33/h2-6,17,24-25H,7-15,18H2,1H3,(H,32,33)/t24?,25?,28-,29-/m0/s1. The van der Waals surface area contributed by atoms with Gasteiger partial charge in [0, 0.05) is 6.42 Å². The van der Waals surface area contributed by atoms with Crippen molar-refractivity contribution in [3.63, 3.8) is 0 Å². The molecule has 4 aliphatic rings. The van der Waals surface area contributed by atoms with Gasteiger partial charge in [-0.1, -0.05) is 35.9 Å². The third-order valence-electron chi connectivity index (χ3n) is 9.45. The Hall–Kier alpha value is -3.20. The van der Waals surface area contributed by atoms with Gasteiger partial charge in [0.15, 0.2) is 0 Å². The number of rotatable bonds is 5. The molecule has 4 aliphatic carbocycles. The Morgan fingerprint density at radius 3 is 2.69 bits per heavy atom. The summed E-state index contributed by atoms with van der Waals surface area (Å²) in [4.78, 5) is 29.2. The van der Waals surface area contributed by atoms with Gasteiger partial charge in [0.2, 0.25) is 0 Å². The smallest absolute Gasteiger partial charge is 0.365 e. The highest BCUT2D eigenvalue weighted by molar-refractivity contribution is 5.98. The maximum Gasteiger partial charge on any atom is 0.365 e. The lowest BCUT2D eigenvalue weighted by atomic mass is 9.51. The number of nitrogens with zero attached hydrogens (tertiary/aromatic N) is 2. The van der Waals surface area contributed by atoms with Crippen LogP contribution in [0.25, 0.3) is 0 Å². The average Bonchev–Trinajstić information content (AvgIpc) is 3.14. The number of oxime groups is 1. The molecule has 0 aliphatic heterocycles. The van der Waals surface area contributed by atoms with E-state index >= 15 is 0 Å². The van der Waals surface area contributed by atoms with Gasteiger partial charge < -0.3 is 9.94 Å². The first-order chi connectivity index (χ1) is 16.9. The first-order valence-electron chi connectivity index (χ1n) is 12.7. The molecule has 0 spiro atoms. The van der Waals surface area contributed by atoms with E-state index in [0.29, 0.717) is 23.8 Å². The molecule has 182 valence electrons. The molecule has 0 bridgehead atoms. The van der Waals surface area contributed by atoms with Gasteiger partial charge in [-0.05, 0) is 103 Å². The fraction of sp³-hybridized carbons (Fsp3) is 0.517. The SMILES string of the molecule is C[C@]12CCC3=C4CCC(=NOC(=O)c5ccccc5)C=C4CCC3C1CC[C@]2(CC#N)CC(=O)O. The van der Waals surface area contributed by atoms with Crippen LogP contribution in [-0.2, 0) is 9.63 Å². The Balaban J connectivity index is 1.37. The fourth-order valence-corrected chi connectivity index (χ4v) is 7.66. The van der Waals surface area contributed by atoms with Crippen molar-refractivity contribution in [3.8, 4) is 6.07 Å². The topological polar surface area (TPSA) is 99.8 Å². The highest BCUT2D eigenvalue weighted by Gasteiger charge is 2.61. The number of carboxylic acid groups (broad SMARTS) is 1. The number of carboxylic acids is 1. The van der Waals surface area contributed by atoms with E-state index in [0.717, 1.165) is 57.1 Å². The van der Waals surface area contributed by atoms with Crippen LogP contribution in [0, 0.1) is 34.0 Å².